The molecule has 0 aliphatic heterocycles. The fraction of sp³-hybridized carbons (Fsp3) is 0.750. The summed E-state index contributed by atoms with van der Waals surface area (Å²) in [6.45, 7) is 7.79. The first-order valence-corrected chi connectivity index (χ1v) is 5.43. The van der Waals surface area contributed by atoms with Gasteiger partial charge in [-0.25, -0.2) is 0 Å². The smallest absolute Gasteiger partial charge is 0.302 e. The van der Waals surface area contributed by atoms with Gasteiger partial charge in [0, 0.05) is 6.92 Å². The van der Waals surface area contributed by atoms with Crippen LogP contribution in [-0.2, 0) is 9.53 Å². The second kappa shape index (κ2) is 7.60. The maximum atomic E-state index is 10.7. The number of rotatable bonds is 6. The summed E-state index contributed by atoms with van der Waals surface area (Å²) in [5, 5.41) is 0. The lowest BCUT2D eigenvalue weighted by molar-refractivity contribution is -0.146. The molecule has 0 aromatic heterocycles. The van der Waals surface area contributed by atoms with Crippen LogP contribution in [0.5, 0.6) is 0 Å². The summed E-state index contributed by atoms with van der Waals surface area (Å²) in [6.07, 6.45) is 6.27. The maximum Gasteiger partial charge on any atom is 0.302 e. The molecule has 0 saturated carbocycles. The highest BCUT2D eigenvalue weighted by molar-refractivity contribution is 5.66. The number of ether oxygens (including phenoxy) is 1. The van der Waals surface area contributed by atoms with E-state index >= 15 is 0 Å². The molecule has 0 spiro atoms. The molecule has 0 fully saturated rings. The second-order valence-electron chi connectivity index (χ2n) is 3.62. The first kappa shape index (κ1) is 13.2. The molecule has 0 heterocycles. The molecular weight excluding hydrogens is 176 g/mol. The summed E-state index contributed by atoms with van der Waals surface area (Å²) in [5.41, 5.74) is 1.41. The van der Waals surface area contributed by atoms with Crippen molar-refractivity contribution >= 4 is 5.97 Å². The van der Waals surface area contributed by atoms with Crippen LogP contribution in [0.2, 0.25) is 0 Å². The van der Waals surface area contributed by atoms with E-state index in [0.29, 0.717) is 0 Å². The van der Waals surface area contributed by atoms with E-state index in [0.717, 1.165) is 25.7 Å². The lowest BCUT2D eigenvalue weighted by atomic mass is 10.1. The number of carbonyl (C=O) groups is 1. The first-order valence-electron chi connectivity index (χ1n) is 5.43. The number of allylic oxidation sites excluding steroid dienone is 2. The van der Waals surface area contributed by atoms with Gasteiger partial charge in [-0.3, -0.25) is 4.79 Å². The lowest BCUT2D eigenvalue weighted by Gasteiger charge is -2.13. The quantitative estimate of drug-likeness (QED) is 0.482. The van der Waals surface area contributed by atoms with Crippen molar-refractivity contribution in [1.82, 2.24) is 0 Å². The van der Waals surface area contributed by atoms with E-state index in [-0.39, 0.29) is 12.1 Å². The van der Waals surface area contributed by atoms with Crippen LogP contribution in [-0.4, -0.2) is 12.1 Å². The third kappa shape index (κ3) is 6.70. The van der Waals surface area contributed by atoms with Gasteiger partial charge in [0.15, 0.2) is 0 Å². The Hall–Kier alpha value is -0.790. The van der Waals surface area contributed by atoms with Crippen LogP contribution in [0.4, 0.5) is 0 Å². The van der Waals surface area contributed by atoms with Crippen molar-refractivity contribution < 1.29 is 9.53 Å². The van der Waals surface area contributed by atoms with E-state index in [1.807, 2.05) is 6.92 Å². The van der Waals surface area contributed by atoms with E-state index in [4.69, 9.17) is 4.74 Å². The standard InChI is InChI=1S/C12H22O2/c1-5-10(3)8-7-9-12(6-2)14-11(4)13/h8,12H,5-7,9H2,1-4H3. The van der Waals surface area contributed by atoms with Crippen molar-refractivity contribution in [3.05, 3.63) is 11.6 Å². The van der Waals surface area contributed by atoms with Gasteiger partial charge in [-0.2, -0.15) is 0 Å². The lowest BCUT2D eigenvalue weighted by Crippen LogP contribution is -2.14. The molecule has 0 rings (SSSR count). The van der Waals surface area contributed by atoms with E-state index in [2.05, 4.69) is 19.9 Å². The highest BCUT2D eigenvalue weighted by Gasteiger charge is 2.07. The Labute approximate surface area is 87.3 Å². The van der Waals surface area contributed by atoms with Crippen LogP contribution in [0.1, 0.15) is 53.4 Å². The normalized spacial score (nSPS) is 13.9. The van der Waals surface area contributed by atoms with Crippen molar-refractivity contribution in [2.45, 2.75) is 59.5 Å². The van der Waals surface area contributed by atoms with Crippen LogP contribution < -0.4 is 0 Å². The number of esters is 1. The van der Waals surface area contributed by atoms with Gasteiger partial charge < -0.3 is 4.74 Å². The van der Waals surface area contributed by atoms with Crippen molar-refractivity contribution in [1.29, 1.82) is 0 Å². The molecule has 14 heavy (non-hydrogen) atoms. The third-order valence-electron chi connectivity index (χ3n) is 2.33. The molecule has 0 amide bonds. The highest BCUT2D eigenvalue weighted by Crippen LogP contribution is 2.10. The summed E-state index contributed by atoms with van der Waals surface area (Å²) in [5.74, 6) is -0.173. The van der Waals surface area contributed by atoms with Gasteiger partial charge in [-0.15, -0.1) is 0 Å². The minimum atomic E-state index is -0.173. The van der Waals surface area contributed by atoms with E-state index < -0.39 is 0 Å². The average molecular weight is 198 g/mol. The minimum absolute atomic E-state index is 0.0911. The zero-order valence-electron chi connectivity index (χ0n) is 9.80. The van der Waals surface area contributed by atoms with Crippen molar-refractivity contribution in [3.63, 3.8) is 0 Å². The van der Waals surface area contributed by atoms with Gasteiger partial charge in [-0.05, 0) is 32.6 Å². The van der Waals surface area contributed by atoms with Crippen molar-refractivity contribution in [3.8, 4) is 0 Å². The van der Waals surface area contributed by atoms with E-state index in [1.165, 1.54) is 12.5 Å². The molecular formula is C12H22O2. The molecule has 1 atom stereocenters. The summed E-state index contributed by atoms with van der Waals surface area (Å²) in [7, 11) is 0. The van der Waals surface area contributed by atoms with Gasteiger partial charge in [-0.1, -0.05) is 25.5 Å². The van der Waals surface area contributed by atoms with Crippen LogP contribution in [0.25, 0.3) is 0 Å². The molecule has 0 aliphatic carbocycles. The highest BCUT2D eigenvalue weighted by atomic mass is 16.5. The number of carbonyl (C=O) groups excluding carboxylic acids is 1. The molecule has 2 heteroatoms. The molecule has 0 aromatic carbocycles. The molecule has 0 aliphatic rings. The SMILES string of the molecule is CCC(C)=CCCC(CC)OC(C)=O. The topological polar surface area (TPSA) is 26.3 Å². The molecule has 2 nitrogen and oxygen atoms in total. The van der Waals surface area contributed by atoms with Crippen LogP contribution in [0.3, 0.4) is 0 Å². The predicted octanol–water partition coefficient (Wildman–Crippen LogP) is 3.46. The predicted molar refractivity (Wildman–Crippen MR) is 59.1 cm³/mol. The van der Waals surface area contributed by atoms with E-state index in [9.17, 15) is 4.79 Å². The van der Waals surface area contributed by atoms with Crippen LogP contribution in [0.15, 0.2) is 11.6 Å². The first-order chi connectivity index (χ1) is 6.60. The zero-order chi connectivity index (χ0) is 11.0. The van der Waals surface area contributed by atoms with E-state index in [1.54, 1.807) is 0 Å². The minimum Gasteiger partial charge on any atom is -0.463 e. The number of hydrogen-bond acceptors (Lipinski definition) is 2. The Morgan fingerprint density at radius 1 is 1.36 bits per heavy atom. The Morgan fingerprint density at radius 3 is 2.43 bits per heavy atom. The molecule has 0 N–H and O–H groups in total. The monoisotopic (exact) mass is 198 g/mol. The van der Waals surface area contributed by atoms with Crippen molar-refractivity contribution in [2.24, 2.45) is 0 Å². The third-order valence-corrected chi connectivity index (χ3v) is 2.33. The Balaban J connectivity index is 3.78. The fourth-order valence-electron chi connectivity index (χ4n) is 1.24. The zero-order valence-corrected chi connectivity index (χ0v) is 9.80. The van der Waals surface area contributed by atoms with Crippen LogP contribution >= 0.6 is 0 Å². The summed E-state index contributed by atoms with van der Waals surface area (Å²) >= 11 is 0. The summed E-state index contributed by atoms with van der Waals surface area (Å²) in [6, 6.07) is 0. The molecule has 0 aromatic rings. The summed E-state index contributed by atoms with van der Waals surface area (Å²) in [4.78, 5) is 10.7. The molecule has 0 bridgehead atoms. The number of hydrogen-bond donors (Lipinski definition) is 0. The van der Waals surface area contributed by atoms with Gasteiger partial charge in [0.25, 0.3) is 0 Å². The van der Waals surface area contributed by atoms with Crippen molar-refractivity contribution in [2.75, 3.05) is 0 Å². The molecule has 0 saturated heterocycles. The van der Waals surface area contributed by atoms with Gasteiger partial charge in [0.2, 0.25) is 0 Å². The van der Waals surface area contributed by atoms with Crippen LogP contribution in [0, 0.1) is 0 Å². The molecule has 0 radical (unpaired) electrons. The largest absolute Gasteiger partial charge is 0.463 e. The van der Waals surface area contributed by atoms with Gasteiger partial charge in [0.05, 0.1) is 0 Å². The van der Waals surface area contributed by atoms with Gasteiger partial charge in [0.1, 0.15) is 6.10 Å². The molecule has 82 valence electrons. The Morgan fingerprint density at radius 2 is 2.00 bits per heavy atom. The van der Waals surface area contributed by atoms with Gasteiger partial charge >= 0.3 is 5.97 Å². The average Bonchev–Trinajstić information content (AvgIpc) is 2.15. The Kier molecular flexibility index (Phi) is 7.17. The Bertz CT molecular complexity index is 194. The second-order valence-corrected chi connectivity index (χ2v) is 3.62. The molecule has 1 unspecified atom stereocenters. The maximum absolute atomic E-state index is 10.7. The summed E-state index contributed by atoms with van der Waals surface area (Å²) < 4.78 is 5.15. The fourth-order valence-corrected chi connectivity index (χ4v) is 1.24.